The lowest BCUT2D eigenvalue weighted by molar-refractivity contribution is 0.0701. The maximum atomic E-state index is 12.5. The lowest BCUT2D eigenvalue weighted by Crippen LogP contribution is -2.33. The number of hydrogen-bond donors (Lipinski definition) is 3. The summed E-state index contributed by atoms with van der Waals surface area (Å²) in [6, 6.07) is 13.4. The molecule has 5 heteroatoms. The fourth-order valence-corrected chi connectivity index (χ4v) is 2.08. The molecule has 0 spiro atoms. The van der Waals surface area contributed by atoms with Gasteiger partial charge in [-0.2, -0.15) is 0 Å². The van der Waals surface area contributed by atoms with E-state index in [4.69, 9.17) is 5.11 Å². The van der Waals surface area contributed by atoms with Crippen molar-refractivity contribution in [1.29, 1.82) is 0 Å². The molecule has 0 aliphatic carbocycles. The first-order valence-electron chi connectivity index (χ1n) is 6.58. The zero-order chi connectivity index (χ0) is 15.2. The lowest BCUT2D eigenvalue weighted by Gasteiger charge is -2.22. The lowest BCUT2D eigenvalue weighted by atomic mass is 10.1. The van der Waals surface area contributed by atoms with Crippen molar-refractivity contribution in [3.8, 4) is 11.5 Å². The molecule has 0 saturated carbocycles. The minimum atomic E-state index is -0.525. The molecule has 110 valence electrons. The van der Waals surface area contributed by atoms with Gasteiger partial charge in [-0.15, -0.1) is 0 Å². The van der Waals surface area contributed by atoms with Crippen LogP contribution in [-0.4, -0.2) is 39.3 Å². The molecule has 0 aliphatic rings. The number of phenolic OH excluding ortho intramolecular Hbond substituents is 2. The zero-order valence-electron chi connectivity index (χ0n) is 11.4. The minimum Gasteiger partial charge on any atom is -0.507 e. The molecule has 2 rings (SSSR count). The summed E-state index contributed by atoms with van der Waals surface area (Å²) in [6.07, 6.45) is 0. The molecule has 2 aromatic rings. The second-order valence-corrected chi connectivity index (χ2v) is 4.61. The highest BCUT2D eigenvalue weighted by atomic mass is 16.3. The van der Waals surface area contributed by atoms with E-state index in [9.17, 15) is 15.0 Å². The van der Waals surface area contributed by atoms with Gasteiger partial charge in [0.1, 0.15) is 17.1 Å². The number of phenols is 2. The largest absolute Gasteiger partial charge is 0.507 e. The molecular formula is C16H17NO4. The molecule has 0 aliphatic heterocycles. The number of benzene rings is 2. The monoisotopic (exact) mass is 287 g/mol. The summed E-state index contributed by atoms with van der Waals surface area (Å²) in [5.41, 5.74) is 0.746. The maximum absolute atomic E-state index is 12.5. The van der Waals surface area contributed by atoms with Crippen LogP contribution in [0, 0.1) is 0 Å². The van der Waals surface area contributed by atoms with Gasteiger partial charge in [-0.3, -0.25) is 4.79 Å². The maximum Gasteiger partial charge on any atom is 0.261 e. The zero-order valence-corrected chi connectivity index (χ0v) is 11.4. The minimum absolute atomic E-state index is 0.113. The van der Waals surface area contributed by atoms with Crippen LogP contribution in [0.15, 0.2) is 48.5 Å². The Morgan fingerprint density at radius 1 is 0.952 bits per heavy atom. The molecule has 2 aromatic carbocycles. The van der Waals surface area contributed by atoms with E-state index >= 15 is 0 Å². The van der Waals surface area contributed by atoms with Gasteiger partial charge in [0.15, 0.2) is 0 Å². The Morgan fingerprint density at radius 3 is 2.14 bits per heavy atom. The molecule has 0 aromatic heterocycles. The van der Waals surface area contributed by atoms with E-state index < -0.39 is 5.91 Å². The van der Waals surface area contributed by atoms with E-state index in [2.05, 4.69) is 0 Å². The van der Waals surface area contributed by atoms with Crippen molar-refractivity contribution >= 4 is 5.91 Å². The Hall–Kier alpha value is -2.53. The molecule has 0 heterocycles. The first kappa shape index (κ1) is 14.9. The van der Waals surface area contributed by atoms with Crippen LogP contribution in [0.1, 0.15) is 15.9 Å². The van der Waals surface area contributed by atoms with Crippen molar-refractivity contribution in [1.82, 2.24) is 4.90 Å². The van der Waals surface area contributed by atoms with Crippen LogP contribution in [0.2, 0.25) is 0 Å². The third-order valence-corrected chi connectivity index (χ3v) is 3.11. The van der Waals surface area contributed by atoms with Gasteiger partial charge in [0, 0.05) is 13.1 Å². The molecule has 0 bridgehead atoms. The summed E-state index contributed by atoms with van der Waals surface area (Å²) in [4.78, 5) is 13.9. The molecule has 0 saturated heterocycles. The van der Waals surface area contributed by atoms with Crippen molar-refractivity contribution in [3.05, 3.63) is 59.7 Å². The van der Waals surface area contributed by atoms with Gasteiger partial charge in [-0.05, 0) is 17.7 Å². The van der Waals surface area contributed by atoms with Crippen molar-refractivity contribution in [2.75, 3.05) is 13.2 Å². The second-order valence-electron chi connectivity index (χ2n) is 4.61. The van der Waals surface area contributed by atoms with E-state index in [1.54, 1.807) is 0 Å². The Morgan fingerprint density at radius 2 is 1.57 bits per heavy atom. The molecule has 3 N–H and O–H groups in total. The number of carbonyl (C=O) groups is 1. The standard InChI is InChI=1S/C16H17NO4/c18-10-9-17(11-12-5-2-1-3-6-12)16(21)15-13(19)7-4-8-14(15)20/h1-8,18-20H,9-11H2. The first-order valence-corrected chi connectivity index (χ1v) is 6.58. The van der Waals surface area contributed by atoms with Crippen LogP contribution in [0.3, 0.4) is 0 Å². The third kappa shape index (κ3) is 3.52. The van der Waals surface area contributed by atoms with E-state index in [-0.39, 0.29) is 36.8 Å². The number of rotatable bonds is 5. The summed E-state index contributed by atoms with van der Waals surface area (Å²) in [5, 5.41) is 28.7. The molecule has 0 fully saturated rings. The van der Waals surface area contributed by atoms with Gasteiger partial charge in [0.25, 0.3) is 5.91 Å². The number of amides is 1. The van der Waals surface area contributed by atoms with Gasteiger partial charge >= 0.3 is 0 Å². The van der Waals surface area contributed by atoms with E-state index in [0.29, 0.717) is 0 Å². The van der Waals surface area contributed by atoms with Crippen molar-refractivity contribution < 1.29 is 20.1 Å². The summed E-state index contributed by atoms with van der Waals surface area (Å²) < 4.78 is 0. The van der Waals surface area contributed by atoms with Gasteiger partial charge in [-0.25, -0.2) is 0 Å². The number of hydrogen-bond acceptors (Lipinski definition) is 4. The van der Waals surface area contributed by atoms with Gasteiger partial charge in [0.05, 0.1) is 6.61 Å². The summed E-state index contributed by atoms with van der Waals surface area (Å²) >= 11 is 0. The molecule has 5 nitrogen and oxygen atoms in total. The topological polar surface area (TPSA) is 81.0 Å². The quantitative estimate of drug-likeness (QED) is 0.782. The molecule has 1 amide bonds. The van der Waals surface area contributed by atoms with E-state index in [0.717, 1.165) is 5.56 Å². The second kappa shape index (κ2) is 6.76. The van der Waals surface area contributed by atoms with Crippen LogP contribution < -0.4 is 0 Å². The first-order chi connectivity index (χ1) is 10.1. The Bertz CT molecular complexity index is 593. The summed E-state index contributed by atoms with van der Waals surface area (Å²) in [7, 11) is 0. The van der Waals surface area contributed by atoms with Gasteiger partial charge < -0.3 is 20.2 Å². The smallest absolute Gasteiger partial charge is 0.261 e. The number of aromatic hydroxyl groups is 2. The average molecular weight is 287 g/mol. The van der Waals surface area contributed by atoms with Gasteiger partial charge in [-0.1, -0.05) is 36.4 Å². The van der Waals surface area contributed by atoms with Crippen molar-refractivity contribution in [2.24, 2.45) is 0 Å². The molecule has 0 atom stereocenters. The Labute approximate surface area is 122 Å². The highest BCUT2D eigenvalue weighted by molar-refractivity contribution is 5.99. The summed E-state index contributed by atoms with van der Waals surface area (Å²) in [6.45, 7) is 0.197. The van der Waals surface area contributed by atoms with E-state index in [1.807, 2.05) is 30.3 Å². The van der Waals surface area contributed by atoms with Crippen molar-refractivity contribution in [2.45, 2.75) is 6.54 Å². The average Bonchev–Trinajstić information content (AvgIpc) is 2.47. The van der Waals surface area contributed by atoms with Gasteiger partial charge in [0.2, 0.25) is 0 Å². The molecule has 0 radical (unpaired) electrons. The fraction of sp³-hybridized carbons (Fsp3) is 0.188. The van der Waals surface area contributed by atoms with Crippen LogP contribution in [-0.2, 0) is 6.54 Å². The number of aliphatic hydroxyl groups excluding tert-OH is 1. The predicted molar refractivity (Wildman–Crippen MR) is 78.0 cm³/mol. The predicted octanol–water partition coefficient (Wildman–Crippen LogP) is 1.73. The van der Waals surface area contributed by atoms with Crippen molar-refractivity contribution in [3.63, 3.8) is 0 Å². The number of carbonyl (C=O) groups excluding carboxylic acids is 1. The number of nitrogens with zero attached hydrogens (tertiary/aromatic N) is 1. The van der Waals surface area contributed by atoms with Crippen LogP contribution in [0.4, 0.5) is 0 Å². The SMILES string of the molecule is O=C(c1c(O)cccc1O)N(CCO)Cc1ccccc1. The van der Waals surface area contributed by atoms with Crippen LogP contribution >= 0.6 is 0 Å². The number of aliphatic hydroxyl groups is 1. The van der Waals surface area contributed by atoms with Crippen LogP contribution in [0.25, 0.3) is 0 Å². The van der Waals surface area contributed by atoms with Crippen LogP contribution in [0.5, 0.6) is 11.5 Å². The molecule has 21 heavy (non-hydrogen) atoms. The highest BCUT2D eigenvalue weighted by Crippen LogP contribution is 2.28. The Kier molecular flexibility index (Phi) is 4.79. The molecular weight excluding hydrogens is 270 g/mol. The van der Waals surface area contributed by atoms with E-state index in [1.165, 1.54) is 23.1 Å². The Balaban J connectivity index is 2.27. The summed E-state index contributed by atoms with van der Waals surface area (Å²) in [5.74, 6) is -1.09. The third-order valence-electron chi connectivity index (χ3n) is 3.11. The highest BCUT2D eigenvalue weighted by Gasteiger charge is 2.22. The normalized spacial score (nSPS) is 10.3. The molecule has 0 unspecified atom stereocenters. The fourth-order valence-electron chi connectivity index (χ4n) is 2.08.